The predicted octanol–water partition coefficient (Wildman–Crippen LogP) is 1.75. The standard InChI is InChI=1S/C23H28ClN7O2S/c24-15-5-7-16(8-6-15)34-12-10-26-23(30-13-17-18(14-30)22(33)27-21(17)32)25-9-11-31-20-4-2-1-3-19(20)28-29-31/h5-8,17-18H,1-4,9-14H2,(H,25,26)(H,27,32,33)/t17-,18+. The first kappa shape index (κ1) is 23.2. The van der Waals surface area contributed by atoms with Crippen LogP contribution in [0.25, 0.3) is 0 Å². The summed E-state index contributed by atoms with van der Waals surface area (Å²) in [6.45, 7) is 2.91. The zero-order valence-electron chi connectivity index (χ0n) is 18.9. The van der Waals surface area contributed by atoms with Crippen molar-refractivity contribution in [2.45, 2.75) is 37.1 Å². The van der Waals surface area contributed by atoms with E-state index in [9.17, 15) is 9.59 Å². The van der Waals surface area contributed by atoms with Crippen molar-refractivity contribution >= 4 is 41.1 Å². The normalized spacial score (nSPS) is 22.0. The number of aryl methyl sites for hydroxylation is 1. The lowest BCUT2D eigenvalue weighted by Gasteiger charge is -2.23. The Morgan fingerprint density at radius 1 is 1.15 bits per heavy atom. The number of nitrogens with one attached hydrogen (secondary N) is 2. The summed E-state index contributed by atoms with van der Waals surface area (Å²) in [4.78, 5) is 32.3. The number of nitrogens with zero attached hydrogens (tertiary/aromatic N) is 5. The van der Waals surface area contributed by atoms with Crippen LogP contribution < -0.4 is 10.6 Å². The van der Waals surface area contributed by atoms with Crippen LogP contribution in [0.3, 0.4) is 0 Å². The molecule has 2 amide bonds. The summed E-state index contributed by atoms with van der Waals surface area (Å²) in [5.41, 5.74) is 2.35. The molecule has 2 fully saturated rings. The van der Waals surface area contributed by atoms with Gasteiger partial charge in [-0.15, -0.1) is 16.9 Å². The lowest BCUT2D eigenvalue weighted by atomic mass is 10.00. The number of halogens is 1. The number of hydrogen-bond donors (Lipinski definition) is 2. The molecule has 2 saturated heterocycles. The smallest absolute Gasteiger partial charge is 0.232 e. The van der Waals surface area contributed by atoms with Crippen LogP contribution in [0.1, 0.15) is 24.2 Å². The van der Waals surface area contributed by atoms with E-state index in [1.807, 2.05) is 33.8 Å². The van der Waals surface area contributed by atoms with Crippen molar-refractivity contribution in [3.8, 4) is 0 Å². The predicted molar refractivity (Wildman–Crippen MR) is 131 cm³/mol. The van der Waals surface area contributed by atoms with E-state index in [-0.39, 0.29) is 23.7 Å². The molecule has 0 saturated carbocycles. The van der Waals surface area contributed by atoms with Crippen molar-refractivity contribution in [2.24, 2.45) is 16.8 Å². The number of rotatable bonds is 7. The van der Waals surface area contributed by atoms with E-state index in [0.717, 1.165) is 40.2 Å². The first-order valence-electron chi connectivity index (χ1n) is 11.8. The Balaban J connectivity index is 1.22. The average molecular weight is 502 g/mol. The minimum Gasteiger partial charge on any atom is -0.355 e. The van der Waals surface area contributed by atoms with Gasteiger partial charge in [0, 0.05) is 35.3 Å². The molecule has 2 aromatic rings. The average Bonchev–Trinajstić information content (AvgIpc) is 3.53. The van der Waals surface area contributed by atoms with Gasteiger partial charge >= 0.3 is 0 Å². The van der Waals surface area contributed by atoms with Crippen LogP contribution in [0.15, 0.2) is 34.2 Å². The number of carbonyl (C=O) groups excluding carboxylic acids is 2. The Labute approximate surface area is 207 Å². The van der Waals surface area contributed by atoms with Crippen LogP contribution in [0.4, 0.5) is 0 Å². The first-order valence-corrected chi connectivity index (χ1v) is 13.1. The number of hydrogen-bond acceptors (Lipinski definition) is 6. The third-order valence-electron chi connectivity index (χ3n) is 6.58. The molecule has 2 aliphatic heterocycles. The summed E-state index contributed by atoms with van der Waals surface area (Å²) in [5, 5.41) is 15.3. The van der Waals surface area contributed by atoms with E-state index >= 15 is 0 Å². The molecule has 0 spiro atoms. The summed E-state index contributed by atoms with van der Waals surface area (Å²) in [6.07, 6.45) is 4.37. The second-order valence-electron chi connectivity index (χ2n) is 8.82. The van der Waals surface area contributed by atoms with Crippen molar-refractivity contribution in [2.75, 3.05) is 31.9 Å². The van der Waals surface area contributed by atoms with E-state index in [1.165, 1.54) is 18.5 Å². The number of thioether (sulfide) groups is 1. The van der Waals surface area contributed by atoms with Crippen molar-refractivity contribution in [3.05, 3.63) is 40.7 Å². The van der Waals surface area contributed by atoms with E-state index in [1.54, 1.807) is 11.8 Å². The zero-order chi connectivity index (χ0) is 23.5. The Morgan fingerprint density at radius 3 is 2.65 bits per heavy atom. The van der Waals surface area contributed by atoms with E-state index in [4.69, 9.17) is 16.6 Å². The summed E-state index contributed by atoms with van der Waals surface area (Å²) in [6, 6.07) is 7.79. The van der Waals surface area contributed by atoms with Gasteiger partial charge in [0.25, 0.3) is 0 Å². The highest BCUT2D eigenvalue weighted by molar-refractivity contribution is 7.99. The van der Waals surface area contributed by atoms with Gasteiger partial charge in [0.15, 0.2) is 5.96 Å². The number of amides is 2. The van der Waals surface area contributed by atoms with Gasteiger partial charge in [0.05, 0.1) is 36.3 Å². The Bertz CT molecular complexity index is 1070. The molecule has 3 aliphatic rings. The minimum atomic E-state index is -0.301. The molecule has 0 bridgehead atoms. The molecule has 5 rings (SSSR count). The lowest BCUT2D eigenvalue weighted by molar-refractivity contribution is -0.126. The number of fused-ring (bicyclic) bond motifs is 2. The fraction of sp³-hybridized carbons (Fsp3) is 0.522. The second-order valence-corrected chi connectivity index (χ2v) is 10.4. The number of imide groups is 1. The van der Waals surface area contributed by atoms with Gasteiger partial charge in [0.1, 0.15) is 0 Å². The maximum absolute atomic E-state index is 12.1. The van der Waals surface area contributed by atoms with Crippen LogP contribution in [0.2, 0.25) is 5.02 Å². The molecule has 1 aromatic heterocycles. The van der Waals surface area contributed by atoms with Gasteiger partial charge in [-0.1, -0.05) is 16.8 Å². The molecular formula is C23H28ClN7O2S. The number of likely N-dealkylation sites (tertiary alicyclic amines) is 1. The van der Waals surface area contributed by atoms with Crippen LogP contribution in [-0.4, -0.2) is 69.6 Å². The highest BCUT2D eigenvalue weighted by atomic mass is 35.5. The maximum atomic E-state index is 12.1. The first-order chi connectivity index (χ1) is 16.6. The highest BCUT2D eigenvalue weighted by Crippen LogP contribution is 2.28. The second kappa shape index (κ2) is 10.4. The molecule has 3 heterocycles. The summed E-state index contributed by atoms with van der Waals surface area (Å²) in [7, 11) is 0. The number of guanidine groups is 1. The molecule has 1 aliphatic carbocycles. The Morgan fingerprint density at radius 2 is 1.88 bits per heavy atom. The highest BCUT2D eigenvalue weighted by Gasteiger charge is 2.48. The summed E-state index contributed by atoms with van der Waals surface area (Å²) >= 11 is 7.70. The molecular weight excluding hydrogens is 474 g/mol. The molecule has 2 N–H and O–H groups in total. The van der Waals surface area contributed by atoms with E-state index in [2.05, 4.69) is 20.9 Å². The molecule has 0 radical (unpaired) electrons. The minimum absolute atomic E-state index is 0.176. The van der Waals surface area contributed by atoms with Crippen molar-refractivity contribution in [1.29, 1.82) is 0 Å². The molecule has 1 aromatic carbocycles. The topological polar surface area (TPSA) is 105 Å². The lowest BCUT2D eigenvalue weighted by Crippen LogP contribution is -2.43. The van der Waals surface area contributed by atoms with Crippen molar-refractivity contribution < 1.29 is 9.59 Å². The molecule has 180 valence electrons. The van der Waals surface area contributed by atoms with E-state index in [0.29, 0.717) is 32.7 Å². The SMILES string of the molecule is O=C1NC(=O)[C@@H]2CN(C(=NCCn3nnc4c3CCCC4)NCCSc3ccc(Cl)cc3)C[C@H]12. The molecule has 9 nitrogen and oxygen atoms in total. The van der Waals surface area contributed by atoms with Crippen molar-refractivity contribution in [1.82, 2.24) is 30.5 Å². The van der Waals surface area contributed by atoms with Crippen molar-refractivity contribution in [3.63, 3.8) is 0 Å². The van der Waals surface area contributed by atoms with Gasteiger partial charge < -0.3 is 10.2 Å². The van der Waals surface area contributed by atoms with Gasteiger partial charge in [-0.25, -0.2) is 4.68 Å². The molecule has 2 atom stereocenters. The van der Waals surface area contributed by atoms with Crippen LogP contribution in [0.5, 0.6) is 0 Å². The van der Waals surface area contributed by atoms with Crippen LogP contribution in [0, 0.1) is 11.8 Å². The fourth-order valence-corrected chi connectivity index (χ4v) is 5.69. The maximum Gasteiger partial charge on any atom is 0.232 e. The van der Waals surface area contributed by atoms with Gasteiger partial charge in [-0.2, -0.15) is 0 Å². The largest absolute Gasteiger partial charge is 0.355 e. The zero-order valence-corrected chi connectivity index (χ0v) is 20.4. The van der Waals surface area contributed by atoms with Gasteiger partial charge in [-0.3, -0.25) is 19.9 Å². The number of aliphatic imine (C=N–C) groups is 1. The number of carbonyl (C=O) groups is 2. The van der Waals surface area contributed by atoms with Crippen LogP contribution in [-0.2, 0) is 29.0 Å². The third-order valence-corrected chi connectivity index (χ3v) is 7.84. The quantitative estimate of drug-likeness (QED) is 0.196. The number of aromatic nitrogens is 3. The Kier molecular flexibility index (Phi) is 7.05. The molecule has 34 heavy (non-hydrogen) atoms. The van der Waals surface area contributed by atoms with Gasteiger partial charge in [-0.05, 0) is 49.9 Å². The van der Waals surface area contributed by atoms with E-state index < -0.39 is 0 Å². The fourth-order valence-electron chi connectivity index (χ4n) is 4.80. The Hall–Kier alpha value is -2.59. The molecule has 0 unspecified atom stereocenters. The number of benzene rings is 1. The van der Waals surface area contributed by atoms with Crippen LogP contribution >= 0.6 is 23.4 Å². The summed E-state index contributed by atoms with van der Waals surface area (Å²) in [5.74, 6) is 0.627. The summed E-state index contributed by atoms with van der Waals surface area (Å²) < 4.78 is 1.97. The molecule has 11 heteroatoms. The van der Waals surface area contributed by atoms with Gasteiger partial charge in [0.2, 0.25) is 11.8 Å². The third kappa shape index (κ3) is 5.07. The monoisotopic (exact) mass is 501 g/mol.